The first-order chi connectivity index (χ1) is 9.78. The monoisotopic (exact) mass is 265 g/mol. The zero-order valence-electron chi connectivity index (χ0n) is 11.1. The van der Waals surface area contributed by atoms with Gasteiger partial charge in [-0.3, -0.25) is 10.8 Å². The third kappa shape index (κ3) is 2.36. The van der Waals surface area contributed by atoms with E-state index in [9.17, 15) is 0 Å². The average molecular weight is 265 g/mol. The van der Waals surface area contributed by atoms with E-state index in [0.29, 0.717) is 0 Å². The fraction of sp³-hybridized carbons (Fsp3) is 0.133. The van der Waals surface area contributed by atoms with Gasteiger partial charge in [0, 0.05) is 17.8 Å². The molecule has 0 amide bonds. The van der Waals surface area contributed by atoms with Crippen LogP contribution < -0.4 is 11.3 Å². The predicted octanol–water partition coefficient (Wildman–Crippen LogP) is 1.89. The standard InChI is InChI=1S/C15H15N5/c1-10-17-7-6-14(19-10)15(20-16)12-8-11-4-2-3-5-13(11)18-9-12/h2-9,15,20H,16H2,1H3. The normalized spacial score (nSPS) is 12.5. The van der Waals surface area contributed by atoms with Gasteiger partial charge >= 0.3 is 0 Å². The van der Waals surface area contributed by atoms with Crippen molar-refractivity contribution in [2.45, 2.75) is 13.0 Å². The number of para-hydroxylation sites is 1. The molecule has 0 radical (unpaired) electrons. The molecular formula is C15H15N5. The molecule has 0 aliphatic carbocycles. The van der Waals surface area contributed by atoms with E-state index in [-0.39, 0.29) is 6.04 Å². The summed E-state index contributed by atoms with van der Waals surface area (Å²) >= 11 is 0. The van der Waals surface area contributed by atoms with Crippen molar-refractivity contribution in [1.82, 2.24) is 20.4 Å². The summed E-state index contributed by atoms with van der Waals surface area (Å²) in [6.07, 6.45) is 3.56. The summed E-state index contributed by atoms with van der Waals surface area (Å²) in [5, 5.41) is 1.08. The topological polar surface area (TPSA) is 76.7 Å². The molecular weight excluding hydrogens is 250 g/mol. The highest BCUT2D eigenvalue weighted by atomic mass is 15.2. The molecule has 1 atom stereocenters. The maximum absolute atomic E-state index is 5.69. The summed E-state index contributed by atoms with van der Waals surface area (Å²) in [5.74, 6) is 6.41. The van der Waals surface area contributed by atoms with Gasteiger partial charge in [-0.1, -0.05) is 18.2 Å². The minimum absolute atomic E-state index is 0.200. The molecule has 0 saturated heterocycles. The van der Waals surface area contributed by atoms with E-state index in [1.807, 2.05) is 43.5 Å². The van der Waals surface area contributed by atoms with Crippen LogP contribution in [0.1, 0.15) is 23.1 Å². The van der Waals surface area contributed by atoms with E-state index in [1.165, 1.54) is 0 Å². The Morgan fingerprint density at radius 2 is 2.00 bits per heavy atom. The summed E-state index contributed by atoms with van der Waals surface area (Å²) in [5.41, 5.74) is 5.57. The van der Waals surface area contributed by atoms with Gasteiger partial charge < -0.3 is 0 Å². The second-order valence-electron chi connectivity index (χ2n) is 4.59. The minimum Gasteiger partial charge on any atom is -0.271 e. The van der Waals surface area contributed by atoms with Gasteiger partial charge in [0.25, 0.3) is 0 Å². The molecule has 5 heteroatoms. The van der Waals surface area contributed by atoms with Crippen LogP contribution in [0.2, 0.25) is 0 Å². The van der Waals surface area contributed by atoms with E-state index in [4.69, 9.17) is 5.84 Å². The first kappa shape index (κ1) is 12.7. The summed E-state index contributed by atoms with van der Waals surface area (Å²) < 4.78 is 0. The van der Waals surface area contributed by atoms with Crippen LogP contribution in [-0.2, 0) is 0 Å². The van der Waals surface area contributed by atoms with E-state index >= 15 is 0 Å². The molecule has 0 spiro atoms. The van der Waals surface area contributed by atoms with Crippen molar-refractivity contribution >= 4 is 10.9 Å². The van der Waals surface area contributed by atoms with Crippen LogP contribution in [0.3, 0.4) is 0 Å². The third-order valence-corrected chi connectivity index (χ3v) is 3.20. The van der Waals surface area contributed by atoms with Crippen LogP contribution in [0.15, 0.2) is 48.8 Å². The van der Waals surface area contributed by atoms with Crippen molar-refractivity contribution in [3.63, 3.8) is 0 Å². The Hall–Kier alpha value is -2.37. The minimum atomic E-state index is -0.200. The van der Waals surface area contributed by atoms with Crippen molar-refractivity contribution in [2.24, 2.45) is 5.84 Å². The lowest BCUT2D eigenvalue weighted by atomic mass is 10.0. The van der Waals surface area contributed by atoms with Gasteiger partial charge in [-0.15, -0.1) is 0 Å². The lowest BCUT2D eigenvalue weighted by Crippen LogP contribution is -2.29. The Labute approximate surface area is 116 Å². The first-order valence-corrected chi connectivity index (χ1v) is 6.38. The second kappa shape index (κ2) is 5.32. The molecule has 0 aliphatic rings. The quantitative estimate of drug-likeness (QED) is 0.558. The number of aryl methyl sites for hydroxylation is 1. The van der Waals surface area contributed by atoms with Crippen LogP contribution in [0.4, 0.5) is 0 Å². The van der Waals surface area contributed by atoms with Crippen LogP contribution in [-0.4, -0.2) is 15.0 Å². The number of hydrogen-bond donors (Lipinski definition) is 2. The zero-order valence-corrected chi connectivity index (χ0v) is 11.1. The lowest BCUT2D eigenvalue weighted by Gasteiger charge is -2.16. The first-order valence-electron chi connectivity index (χ1n) is 6.38. The van der Waals surface area contributed by atoms with Gasteiger partial charge in [-0.25, -0.2) is 15.4 Å². The molecule has 20 heavy (non-hydrogen) atoms. The number of pyridine rings is 1. The molecule has 0 saturated carbocycles. The number of nitrogens with zero attached hydrogens (tertiary/aromatic N) is 3. The number of fused-ring (bicyclic) bond motifs is 1. The number of hydrazine groups is 1. The number of aromatic nitrogens is 3. The number of nitrogens with one attached hydrogen (secondary N) is 1. The predicted molar refractivity (Wildman–Crippen MR) is 77.7 cm³/mol. The van der Waals surface area contributed by atoms with Gasteiger partial charge in [0.2, 0.25) is 0 Å². The Bertz CT molecular complexity index is 741. The molecule has 0 bridgehead atoms. The zero-order chi connectivity index (χ0) is 13.9. The summed E-state index contributed by atoms with van der Waals surface area (Å²) in [7, 11) is 0. The van der Waals surface area contributed by atoms with Gasteiger partial charge in [0.1, 0.15) is 5.82 Å². The number of hydrogen-bond acceptors (Lipinski definition) is 5. The van der Waals surface area contributed by atoms with Crippen LogP contribution in [0, 0.1) is 6.92 Å². The molecule has 0 fully saturated rings. The Morgan fingerprint density at radius 1 is 1.15 bits per heavy atom. The molecule has 100 valence electrons. The van der Waals surface area contributed by atoms with Crippen LogP contribution >= 0.6 is 0 Å². The molecule has 2 aromatic heterocycles. The Balaban J connectivity index is 2.07. The van der Waals surface area contributed by atoms with Crippen molar-refractivity contribution in [3.8, 4) is 0 Å². The average Bonchev–Trinajstić information content (AvgIpc) is 2.48. The molecule has 1 unspecified atom stereocenters. The highest BCUT2D eigenvalue weighted by molar-refractivity contribution is 5.78. The Kier molecular flexibility index (Phi) is 3.37. The van der Waals surface area contributed by atoms with Gasteiger partial charge in [0.05, 0.1) is 17.3 Å². The van der Waals surface area contributed by atoms with E-state index in [1.54, 1.807) is 6.20 Å². The largest absolute Gasteiger partial charge is 0.271 e. The number of benzene rings is 1. The van der Waals surface area contributed by atoms with Crippen molar-refractivity contribution in [1.29, 1.82) is 0 Å². The lowest BCUT2D eigenvalue weighted by molar-refractivity contribution is 0.615. The van der Waals surface area contributed by atoms with Gasteiger partial charge in [-0.05, 0) is 30.7 Å². The SMILES string of the molecule is Cc1nccc(C(NN)c2cnc3ccccc3c2)n1. The summed E-state index contributed by atoms with van der Waals surface area (Å²) in [6.45, 7) is 1.86. The van der Waals surface area contributed by atoms with Crippen LogP contribution in [0.5, 0.6) is 0 Å². The van der Waals surface area contributed by atoms with Crippen molar-refractivity contribution in [3.05, 3.63) is 65.9 Å². The molecule has 3 aromatic rings. The third-order valence-electron chi connectivity index (χ3n) is 3.20. The maximum atomic E-state index is 5.69. The number of nitrogens with two attached hydrogens (primary N) is 1. The molecule has 0 aliphatic heterocycles. The fourth-order valence-electron chi connectivity index (χ4n) is 2.23. The number of rotatable bonds is 3. The molecule has 2 heterocycles. The van der Waals surface area contributed by atoms with Crippen LogP contribution in [0.25, 0.3) is 10.9 Å². The fourth-order valence-corrected chi connectivity index (χ4v) is 2.23. The van der Waals surface area contributed by atoms with Gasteiger partial charge in [0.15, 0.2) is 0 Å². The van der Waals surface area contributed by atoms with E-state index in [0.717, 1.165) is 28.0 Å². The smallest absolute Gasteiger partial charge is 0.125 e. The van der Waals surface area contributed by atoms with E-state index in [2.05, 4.69) is 26.4 Å². The maximum Gasteiger partial charge on any atom is 0.125 e. The highest BCUT2D eigenvalue weighted by Gasteiger charge is 2.15. The molecule has 3 N–H and O–H groups in total. The Morgan fingerprint density at radius 3 is 2.80 bits per heavy atom. The summed E-state index contributed by atoms with van der Waals surface area (Å²) in [6, 6.07) is 11.7. The van der Waals surface area contributed by atoms with Gasteiger partial charge in [-0.2, -0.15) is 0 Å². The van der Waals surface area contributed by atoms with Crippen molar-refractivity contribution in [2.75, 3.05) is 0 Å². The molecule has 3 rings (SSSR count). The molecule has 1 aromatic carbocycles. The van der Waals surface area contributed by atoms with Crippen molar-refractivity contribution < 1.29 is 0 Å². The summed E-state index contributed by atoms with van der Waals surface area (Å²) in [4.78, 5) is 13.0. The highest BCUT2D eigenvalue weighted by Crippen LogP contribution is 2.22. The second-order valence-corrected chi connectivity index (χ2v) is 4.59. The van der Waals surface area contributed by atoms with E-state index < -0.39 is 0 Å². The molecule has 5 nitrogen and oxygen atoms in total.